The fourth-order valence-electron chi connectivity index (χ4n) is 4.22. The minimum atomic E-state index is -0.691. The predicted octanol–water partition coefficient (Wildman–Crippen LogP) is 3.10. The summed E-state index contributed by atoms with van der Waals surface area (Å²) in [5, 5.41) is 10.7. The number of carbonyl (C=O) groups is 1. The average Bonchev–Trinajstić information content (AvgIpc) is 2.79. The smallest absolute Gasteiger partial charge is 0.252 e. The Bertz CT molecular complexity index is 619. The highest BCUT2D eigenvalue weighted by Crippen LogP contribution is 2.43. The third-order valence-corrected chi connectivity index (χ3v) is 5.25. The molecule has 2 aliphatic carbocycles. The molecule has 0 saturated carbocycles. The van der Waals surface area contributed by atoms with Gasteiger partial charge in [-0.1, -0.05) is 24.3 Å². The van der Waals surface area contributed by atoms with Crippen LogP contribution in [0, 0.1) is 0 Å². The second-order valence-electron chi connectivity index (χ2n) is 6.40. The van der Waals surface area contributed by atoms with Crippen molar-refractivity contribution in [1.29, 1.82) is 0 Å². The van der Waals surface area contributed by atoms with Crippen molar-refractivity contribution in [2.45, 2.75) is 57.2 Å². The van der Waals surface area contributed by atoms with Gasteiger partial charge in [0, 0.05) is 5.57 Å². The van der Waals surface area contributed by atoms with Crippen molar-refractivity contribution in [3.05, 3.63) is 46.5 Å². The lowest BCUT2D eigenvalue weighted by molar-refractivity contribution is -0.136. The molecule has 110 valence electrons. The fraction of sp³-hybridized carbons (Fsp3) is 0.500. The summed E-state index contributed by atoms with van der Waals surface area (Å²) in [6.07, 6.45) is 6.33. The Morgan fingerprint density at radius 1 is 1.05 bits per heavy atom. The molecule has 0 fully saturated rings. The summed E-state index contributed by atoms with van der Waals surface area (Å²) in [7, 11) is 0. The van der Waals surface area contributed by atoms with E-state index < -0.39 is 6.23 Å². The molecule has 1 aromatic rings. The summed E-state index contributed by atoms with van der Waals surface area (Å²) in [5.74, 6) is 0.0823. The molecule has 0 bridgehead atoms. The van der Waals surface area contributed by atoms with Crippen molar-refractivity contribution in [3.8, 4) is 0 Å². The zero-order valence-electron chi connectivity index (χ0n) is 12.2. The first kappa shape index (κ1) is 13.1. The summed E-state index contributed by atoms with van der Waals surface area (Å²) in [5.41, 5.74) is 4.46. The van der Waals surface area contributed by atoms with E-state index in [9.17, 15) is 9.90 Å². The minimum Gasteiger partial charge on any atom is -0.369 e. The van der Waals surface area contributed by atoms with E-state index >= 15 is 0 Å². The van der Waals surface area contributed by atoms with Gasteiger partial charge >= 0.3 is 0 Å². The molecule has 4 rings (SSSR count). The number of rotatable bonds is 1. The van der Waals surface area contributed by atoms with Crippen molar-refractivity contribution in [2.75, 3.05) is 0 Å². The first-order valence-corrected chi connectivity index (χ1v) is 8.08. The van der Waals surface area contributed by atoms with Gasteiger partial charge in [-0.15, -0.1) is 0 Å². The first-order chi connectivity index (χ1) is 10.3. The van der Waals surface area contributed by atoms with Crippen molar-refractivity contribution in [1.82, 2.24) is 4.90 Å². The second-order valence-corrected chi connectivity index (χ2v) is 6.40. The highest BCUT2D eigenvalue weighted by molar-refractivity contribution is 5.98. The number of benzene rings is 1. The SMILES string of the molecule is O=C1C2=C(CCCC2)[C@@H](O)N1[C@H]1CCCc2ccccc21. The number of fused-ring (bicyclic) bond motifs is 1. The van der Waals surface area contributed by atoms with Crippen LogP contribution in [0.2, 0.25) is 0 Å². The van der Waals surface area contributed by atoms with Gasteiger partial charge < -0.3 is 10.0 Å². The van der Waals surface area contributed by atoms with Crippen LogP contribution in [0.4, 0.5) is 0 Å². The number of hydrogen-bond donors (Lipinski definition) is 1. The Balaban J connectivity index is 1.71. The Hall–Kier alpha value is -1.61. The lowest BCUT2D eigenvalue weighted by atomic mass is 9.86. The van der Waals surface area contributed by atoms with E-state index in [0.29, 0.717) is 0 Å². The monoisotopic (exact) mass is 283 g/mol. The molecule has 3 aliphatic rings. The van der Waals surface area contributed by atoms with Gasteiger partial charge in [-0.05, 0) is 61.6 Å². The Morgan fingerprint density at radius 3 is 2.71 bits per heavy atom. The van der Waals surface area contributed by atoms with E-state index in [1.807, 2.05) is 6.07 Å². The maximum Gasteiger partial charge on any atom is 0.252 e. The van der Waals surface area contributed by atoms with Crippen LogP contribution >= 0.6 is 0 Å². The molecule has 0 aromatic heterocycles. The van der Waals surface area contributed by atoms with Crippen LogP contribution in [0.3, 0.4) is 0 Å². The Morgan fingerprint density at radius 2 is 1.86 bits per heavy atom. The molecule has 0 spiro atoms. The Kier molecular flexibility index (Phi) is 3.11. The molecule has 3 nitrogen and oxygen atoms in total. The third-order valence-electron chi connectivity index (χ3n) is 5.25. The normalized spacial score (nSPS) is 28.6. The van der Waals surface area contributed by atoms with Crippen molar-refractivity contribution in [2.24, 2.45) is 0 Å². The molecular formula is C18H21NO2. The van der Waals surface area contributed by atoms with Crippen LogP contribution in [-0.4, -0.2) is 22.1 Å². The average molecular weight is 283 g/mol. The maximum absolute atomic E-state index is 12.8. The quantitative estimate of drug-likeness (QED) is 0.860. The molecule has 1 heterocycles. The molecule has 0 saturated heterocycles. The van der Waals surface area contributed by atoms with Gasteiger partial charge in [0.1, 0.15) is 0 Å². The Labute approximate surface area is 125 Å². The molecule has 1 aliphatic heterocycles. The summed E-state index contributed by atoms with van der Waals surface area (Å²) in [6, 6.07) is 8.42. The summed E-state index contributed by atoms with van der Waals surface area (Å²) >= 11 is 0. The van der Waals surface area contributed by atoms with Gasteiger partial charge in [-0.25, -0.2) is 0 Å². The molecule has 21 heavy (non-hydrogen) atoms. The number of hydrogen-bond acceptors (Lipinski definition) is 2. The van der Waals surface area contributed by atoms with Gasteiger partial charge in [0.2, 0.25) is 0 Å². The number of aryl methyl sites for hydroxylation is 1. The van der Waals surface area contributed by atoms with Gasteiger partial charge in [0.25, 0.3) is 5.91 Å². The molecule has 1 N–H and O–H groups in total. The molecule has 2 atom stereocenters. The minimum absolute atomic E-state index is 0.0445. The number of aliphatic hydroxyl groups is 1. The zero-order chi connectivity index (χ0) is 14.4. The lowest BCUT2D eigenvalue weighted by Crippen LogP contribution is -2.40. The summed E-state index contributed by atoms with van der Waals surface area (Å²) in [6.45, 7) is 0. The van der Waals surface area contributed by atoms with Crippen molar-refractivity contribution >= 4 is 5.91 Å². The van der Waals surface area contributed by atoms with Crippen LogP contribution in [0.5, 0.6) is 0 Å². The molecule has 1 aromatic carbocycles. The van der Waals surface area contributed by atoms with E-state index in [1.54, 1.807) is 4.90 Å². The van der Waals surface area contributed by atoms with Gasteiger partial charge in [0.05, 0.1) is 6.04 Å². The van der Waals surface area contributed by atoms with Crippen molar-refractivity contribution in [3.63, 3.8) is 0 Å². The predicted molar refractivity (Wildman–Crippen MR) is 80.5 cm³/mol. The van der Waals surface area contributed by atoms with Crippen LogP contribution in [0.15, 0.2) is 35.4 Å². The van der Waals surface area contributed by atoms with E-state index in [4.69, 9.17) is 0 Å². The molecule has 3 heteroatoms. The van der Waals surface area contributed by atoms with Gasteiger partial charge in [-0.2, -0.15) is 0 Å². The topological polar surface area (TPSA) is 40.5 Å². The van der Waals surface area contributed by atoms with E-state index in [1.165, 1.54) is 11.1 Å². The zero-order valence-corrected chi connectivity index (χ0v) is 12.2. The van der Waals surface area contributed by atoms with Crippen LogP contribution in [0.25, 0.3) is 0 Å². The van der Waals surface area contributed by atoms with Gasteiger partial charge in [0.15, 0.2) is 6.23 Å². The van der Waals surface area contributed by atoms with Crippen LogP contribution in [-0.2, 0) is 11.2 Å². The van der Waals surface area contributed by atoms with Crippen LogP contribution < -0.4 is 0 Å². The highest BCUT2D eigenvalue weighted by atomic mass is 16.3. The van der Waals surface area contributed by atoms with Crippen LogP contribution in [0.1, 0.15) is 55.7 Å². The molecule has 0 radical (unpaired) electrons. The van der Waals surface area contributed by atoms with Gasteiger partial charge in [-0.3, -0.25) is 4.79 Å². The standard InChI is InChI=1S/C18H21NO2/c20-17-14-9-3-4-10-15(14)18(21)19(17)16-11-5-7-12-6-1-2-8-13(12)16/h1-2,6,8,16-17,20H,3-5,7,9-11H2/t16-,17+/m0/s1. The third kappa shape index (κ3) is 1.95. The van der Waals surface area contributed by atoms with E-state index in [2.05, 4.69) is 18.2 Å². The first-order valence-electron chi connectivity index (χ1n) is 8.08. The maximum atomic E-state index is 12.8. The summed E-state index contributed by atoms with van der Waals surface area (Å²) in [4.78, 5) is 14.5. The number of nitrogens with zero attached hydrogens (tertiary/aromatic N) is 1. The van der Waals surface area contributed by atoms with E-state index in [0.717, 1.165) is 56.1 Å². The lowest BCUT2D eigenvalue weighted by Gasteiger charge is -2.36. The molecule has 1 amide bonds. The highest BCUT2D eigenvalue weighted by Gasteiger charge is 2.43. The summed E-state index contributed by atoms with van der Waals surface area (Å²) < 4.78 is 0. The van der Waals surface area contributed by atoms with E-state index in [-0.39, 0.29) is 11.9 Å². The second kappa shape index (κ2) is 4.99. The number of aliphatic hydroxyl groups excluding tert-OH is 1. The number of amides is 1. The molecule has 0 unspecified atom stereocenters. The molecular weight excluding hydrogens is 262 g/mol. The van der Waals surface area contributed by atoms with Crippen molar-refractivity contribution < 1.29 is 9.90 Å². The largest absolute Gasteiger partial charge is 0.369 e. The fourth-order valence-corrected chi connectivity index (χ4v) is 4.22. The number of carbonyl (C=O) groups excluding carboxylic acids is 1.